The number of sulfonamides is 1. The predicted molar refractivity (Wildman–Crippen MR) is 74.7 cm³/mol. The van der Waals surface area contributed by atoms with E-state index in [9.17, 15) is 18.0 Å². The van der Waals surface area contributed by atoms with Gasteiger partial charge in [-0.1, -0.05) is 6.42 Å². The summed E-state index contributed by atoms with van der Waals surface area (Å²) in [6.07, 6.45) is 3.90. The van der Waals surface area contributed by atoms with Crippen LogP contribution in [0.2, 0.25) is 0 Å². The normalized spacial score (nSPS) is 20.4. The van der Waals surface area contributed by atoms with E-state index in [1.807, 2.05) is 4.90 Å². The quantitative estimate of drug-likeness (QED) is 0.594. The van der Waals surface area contributed by atoms with E-state index in [-0.39, 0.29) is 19.1 Å². The van der Waals surface area contributed by atoms with Crippen LogP contribution in [0.25, 0.3) is 0 Å². The van der Waals surface area contributed by atoms with Crippen LogP contribution in [0.15, 0.2) is 0 Å². The van der Waals surface area contributed by atoms with E-state index in [1.165, 1.54) is 7.05 Å². The van der Waals surface area contributed by atoms with E-state index in [0.717, 1.165) is 32.1 Å². The van der Waals surface area contributed by atoms with Crippen molar-refractivity contribution < 1.29 is 18.0 Å². The van der Waals surface area contributed by atoms with Crippen LogP contribution in [-0.4, -0.2) is 64.2 Å². The lowest BCUT2D eigenvalue weighted by Gasteiger charge is -2.35. The zero-order valence-corrected chi connectivity index (χ0v) is 12.6. The number of hydrogen-bond acceptors (Lipinski definition) is 5. The fourth-order valence-corrected chi connectivity index (χ4v) is 2.66. The van der Waals surface area contributed by atoms with Crippen molar-refractivity contribution in [2.75, 3.05) is 32.9 Å². The molecule has 8 nitrogen and oxygen atoms in total. The van der Waals surface area contributed by atoms with Crippen LogP contribution in [0.4, 0.5) is 4.79 Å². The molecule has 3 N–H and O–H groups in total. The molecule has 0 unspecified atom stereocenters. The summed E-state index contributed by atoms with van der Waals surface area (Å²) in [4.78, 5) is 24.6. The molecule has 0 aromatic carbocycles. The highest BCUT2D eigenvalue weighted by Gasteiger charge is 2.25. The second-order valence-electron chi connectivity index (χ2n) is 4.87. The highest BCUT2D eigenvalue weighted by atomic mass is 32.2. The molecular formula is C11H22N4O4S. The van der Waals surface area contributed by atoms with Crippen molar-refractivity contribution in [1.82, 2.24) is 20.3 Å². The van der Waals surface area contributed by atoms with Gasteiger partial charge in [-0.15, -0.1) is 0 Å². The number of carbonyl (C=O) groups is 2. The van der Waals surface area contributed by atoms with Crippen LogP contribution in [-0.2, 0) is 14.8 Å². The van der Waals surface area contributed by atoms with E-state index in [4.69, 9.17) is 0 Å². The van der Waals surface area contributed by atoms with Crippen molar-refractivity contribution in [1.29, 1.82) is 0 Å². The Labute approximate surface area is 119 Å². The summed E-state index contributed by atoms with van der Waals surface area (Å²) >= 11 is 0. The molecule has 1 rings (SSSR count). The van der Waals surface area contributed by atoms with Crippen LogP contribution >= 0.6 is 0 Å². The number of imide groups is 1. The summed E-state index contributed by atoms with van der Waals surface area (Å²) in [5, 5.41) is 4.51. The summed E-state index contributed by atoms with van der Waals surface area (Å²) in [7, 11) is -1.81. The number of piperidine rings is 1. The van der Waals surface area contributed by atoms with Crippen LogP contribution in [0, 0.1) is 0 Å². The Hall–Kier alpha value is -1.19. The van der Waals surface area contributed by atoms with Crippen LogP contribution in [0.1, 0.15) is 19.3 Å². The van der Waals surface area contributed by atoms with Crippen LogP contribution in [0.3, 0.4) is 0 Å². The molecule has 1 aliphatic rings. The first-order chi connectivity index (χ1) is 9.31. The lowest BCUT2D eigenvalue weighted by molar-refractivity contribution is -0.122. The number of urea groups is 1. The van der Waals surface area contributed by atoms with Gasteiger partial charge < -0.3 is 5.32 Å². The van der Waals surface area contributed by atoms with E-state index < -0.39 is 22.0 Å². The van der Waals surface area contributed by atoms with Gasteiger partial charge in [0.2, 0.25) is 15.9 Å². The number of nitrogens with zero attached hydrogens (tertiary/aromatic N) is 1. The molecule has 116 valence electrons. The average Bonchev–Trinajstić information content (AvgIpc) is 2.36. The van der Waals surface area contributed by atoms with Crippen LogP contribution < -0.4 is 15.4 Å². The highest BCUT2D eigenvalue weighted by Crippen LogP contribution is 2.16. The van der Waals surface area contributed by atoms with Gasteiger partial charge in [0.25, 0.3) is 0 Å². The molecule has 1 saturated heterocycles. The van der Waals surface area contributed by atoms with Crippen molar-refractivity contribution in [2.45, 2.75) is 25.3 Å². The zero-order valence-electron chi connectivity index (χ0n) is 11.8. The topological polar surface area (TPSA) is 108 Å². The maximum absolute atomic E-state index is 11.7. The third-order valence-corrected chi connectivity index (χ3v) is 3.85. The molecule has 1 heterocycles. The van der Waals surface area contributed by atoms with E-state index >= 15 is 0 Å². The second-order valence-corrected chi connectivity index (χ2v) is 6.70. The van der Waals surface area contributed by atoms with Gasteiger partial charge in [0, 0.05) is 19.6 Å². The molecule has 0 spiro atoms. The highest BCUT2D eigenvalue weighted by molar-refractivity contribution is 7.88. The summed E-state index contributed by atoms with van der Waals surface area (Å²) in [5.74, 6) is -0.393. The number of hydrogen-bond donors (Lipinski definition) is 3. The van der Waals surface area contributed by atoms with Crippen molar-refractivity contribution in [2.24, 2.45) is 0 Å². The van der Waals surface area contributed by atoms with Crippen LogP contribution in [0.5, 0.6) is 0 Å². The maximum Gasteiger partial charge on any atom is 0.321 e. The van der Waals surface area contributed by atoms with Gasteiger partial charge in [-0.3, -0.25) is 15.0 Å². The molecule has 0 bridgehead atoms. The molecule has 9 heteroatoms. The lowest BCUT2D eigenvalue weighted by Crippen LogP contribution is -2.51. The van der Waals surface area contributed by atoms with Crippen molar-refractivity contribution >= 4 is 22.0 Å². The summed E-state index contributed by atoms with van der Waals surface area (Å²) in [5.41, 5.74) is 0. The molecule has 20 heavy (non-hydrogen) atoms. The number of nitrogens with one attached hydrogen (secondary N) is 3. The van der Waals surface area contributed by atoms with E-state index in [2.05, 4.69) is 15.4 Å². The molecule has 0 aromatic heterocycles. The molecule has 0 saturated carbocycles. The van der Waals surface area contributed by atoms with Gasteiger partial charge in [-0.25, -0.2) is 17.9 Å². The summed E-state index contributed by atoms with van der Waals surface area (Å²) < 4.78 is 24.7. The number of carbonyl (C=O) groups excluding carboxylic acids is 2. The number of rotatable bonds is 5. The molecule has 0 radical (unpaired) electrons. The smallest absolute Gasteiger partial charge is 0.321 e. The minimum atomic E-state index is -3.24. The Morgan fingerprint density at radius 2 is 2.00 bits per heavy atom. The first-order valence-corrected chi connectivity index (χ1v) is 8.41. The largest absolute Gasteiger partial charge is 0.341 e. The van der Waals surface area contributed by atoms with Crippen molar-refractivity contribution in [3.05, 3.63) is 0 Å². The minimum absolute atomic E-state index is 0.0195. The van der Waals surface area contributed by atoms with Gasteiger partial charge in [-0.05, 0) is 19.4 Å². The SMILES string of the molecule is CNC(=O)NC(=O)CN1CCCC[C@@H]1CNS(C)(=O)=O. The maximum atomic E-state index is 11.7. The molecule has 1 aliphatic heterocycles. The molecular weight excluding hydrogens is 284 g/mol. The monoisotopic (exact) mass is 306 g/mol. The Morgan fingerprint density at radius 3 is 2.60 bits per heavy atom. The number of likely N-dealkylation sites (tertiary alicyclic amines) is 1. The molecule has 3 amide bonds. The average molecular weight is 306 g/mol. The summed E-state index contributed by atoms with van der Waals surface area (Å²) in [6, 6.07) is -0.563. The third-order valence-electron chi connectivity index (χ3n) is 3.16. The molecule has 0 aliphatic carbocycles. The van der Waals surface area contributed by atoms with Gasteiger partial charge in [0.1, 0.15) is 0 Å². The molecule has 0 aromatic rings. The Kier molecular flexibility index (Phi) is 6.37. The van der Waals surface area contributed by atoms with E-state index in [0.29, 0.717) is 0 Å². The molecule has 1 fully saturated rings. The first kappa shape index (κ1) is 16.9. The Balaban J connectivity index is 2.51. The van der Waals surface area contributed by atoms with Gasteiger partial charge in [-0.2, -0.15) is 0 Å². The standard InChI is InChI=1S/C11H22N4O4S/c1-12-11(17)14-10(16)8-15-6-4-3-5-9(15)7-13-20(2,18)19/h9,13H,3-8H2,1-2H3,(H2,12,14,16,17)/t9-/m1/s1. The first-order valence-electron chi connectivity index (χ1n) is 6.52. The minimum Gasteiger partial charge on any atom is -0.341 e. The Morgan fingerprint density at radius 1 is 1.30 bits per heavy atom. The second kappa shape index (κ2) is 7.55. The Bertz CT molecular complexity index is 451. The summed E-state index contributed by atoms with van der Waals surface area (Å²) in [6.45, 7) is 1.09. The number of amides is 3. The third kappa shape index (κ3) is 6.31. The lowest BCUT2D eigenvalue weighted by atomic mass is 10.0. The van der Waals surface area contributed by atoms with E-state index in [1.54, 1.807) is 0 Å². The predicted octanol–water partition coefficient (Wildman–Crippen LogP) is -1.15. The molecule has 1 atom stereocenters. The zero-order chi connectivity index (χ0) is 15.2. The van der Waals surface area contributed by atoms with Gasteiger partial charge in [0.15, 0.2) is 0 Å². The van der Waals surface area contributed by atoms with Crippen molar-refractivity contribution in [3.63, 3.8) is 0 Å². The van der Waals surface area contributed by atoms with Gasteiger partial charge >= 0.3 is 6.03 Å². The fourth-order valence-electron chi connectivity index (χ4n) is 2.16. The van der Waals surface area contributed by atoms with Crippen molar-refractivity contribution in [3.8, 4) is 0 Å². The fraction of sp³-hybridized carbons (Fsp3) is 0.818. The van der Waals surface area contributed by atoms with Gasteiger partial charge in [0.05, 0.1) is 12.8 Å².